The van der Waals surface area contributed by atoms with Crippen molar-refractivity contribution in [2.45, 2.75) is 43.8 Å². The lowest BCUT2D eigenvalue weighted by Crippen LogP contribution is -2.48. The first-order chi connectivity index (χ1) is 22.4. The molecule has 2 atom stereocenters. The van der Waals surface area contributed by atoms with Gasteiger partial charge in [-0.05, 0) is 79.4 Å². The Labute approximate surface area is 270 Å². The maximum atomic E-state index is 13.0. The molecule has 9 nitrogen and oxygen atoms in total. The fourth-order valence-electron chi connectivity index (χ4n) is 6.57. The van der Waals surface area contributed by atoms with Crippen LogP contribution in [0.1, 0.15) is 48.6 Å². The average Bonchev–Trinajstić information content (AvgIpc) is 3.60. The zero-order valence-electron chi connectivity index (χ0n) is 26.3. The van der Waals surface area contributed by atoms with Crippen LogP contribution < -0.4 is 15.0 Å². The minimum atomic E-state index is -5.08. The third kappa shape index (κ3) is 6.29. The number of fused-ring (bicyclic) bond motifs is 3. The van der Waals surface area contributed by atoms with Gasteiger partial charge in [-0.25, -0.2) is 4.79 Å². The van der Waals surface area contributed by atoms with Crippen LogP contribution in [-0.2, 0) is 15.0 Å². The molecule has 4 aromatic rings. The number of alkyl halides is 3. The zero-order valence-corrected chi connectivity index (χ0v) is 26.3. The number of carbonyl (C=O) groups is 2. The van der Waals surface area contributed by atoms with E-state index >= 15 is 0 Å². The van der Waals surface area contributed by atoms with Crippen molar-refractivity contribution in [1.82, 2.24) is 15.1 Å². The van der Waals surface area contributed by atoms with Gasteiger partial charge >= 0.3 is 12.1 Å². The molecule has 3 aliphatic rings. The molecule has 1 aromatic heterocycles. The smallest absolute Gasteiger partial charge is 0.490 e. The van der Waals surface area contributed by atoms with E-state index in [0.717, 1.165) is 77.3 Å². The van der Waals surface area contributed by atoms with E-state index in [0.29, 0.717) is 6.04 Å². The van der Waals surface area contributed by atoms with Crippen LogP contribution in [0, 0.1) is 0 Å². The maximum absolute atomic E-state index is 13.0. The first-order valence-electron chi connectivity index (χ1n) is 15.5. The Morgan fingerprint density at radius 2 is 1.74 bits per heavy atom. The number of carbonyl (C=O) groups excluding carboxylic acids is 1. The molecule has 1 spiro atoms. The van der Waals surface area contributed by atoms with Crippen LogP contribution >= 0.6 is 0 Å². The summed E-state index contributed by atoms with van der Waals surface area (Å²) in [6, 6.07) is 21.7. The number of piperazine rings is 1. The van der Waals surface area contributed by atoms with E-state index in [4.69, 9.17) is 14.6 Å². The van der Waals surface area contributed by atoms with Gasteiger partial charge in [0.25, 0.3) is 0 Å². The van der Waals surface area contributed by atoms with Gasteiger partial charge in [-0.2, -0.15) is 18.3 Å². The van der Waals surface area contributed by atoms with Crippen LogP contribution in [0.4, 0.5) is 24.5 Å². The molecule has 2 aliphatic heterocycles. The molecule has 3 aromatic carbocycles. The monoisotopic (exact) mass is 647 g/mol. The number of aromatic nitrogens is 2. The standard InChI is InChI=1S/C33H35N5O2.C2HF3O2/c1-21(2)37-14-16-38(17-15-37)24-8-4-22(5-9-24)6-12-29-26-11-7-23(18-31(26)36-35-29)28-20-33(28)27-19-25(40-3)10-13-30(27)34-32(33)39;3-2(4,5)1(6)7/h4-13,18-19,21,28H,14-17,20H2,1-3H3,(H,34,39)(H,35,36);(H,6,7)/t28-,33-;/m0./s1. The Morgan fingerprint density at radius 3 is 2.38 bits per heavy atom. The molecular formula is C35H36F3N5O4. The highest BCUT2D eigenvalue weighted by Crippen LogP contribution is 2.65. The number of hydrogen-bond acceptors (Lipinski definition) is 6. The molecule has 1 aliphatic carbocycles. The third-order valence-corrected chi connectivity index (χ3v) is 9.32. The Balaban J connectivity index is 0.000000499. The van der Waals surface area contributed by atoms with Gasteiger partial charge in [0.2, 0.25) is 5.91 Å². The minimum Gasteiger partial charge on any atom is -0.497 e. The molecule has 7 rings (SSSR count). The fourth-order valence-corrected chi connectivity index (χ4v) is 6.57. The number of aliphatic carboxylic acids is 1. The molecule has 3 N–H and O–H groups in total. The van der Waals surface area contributed by atoms with Crippen molar-refractivity contribution in [3.8, 4) is 5.75 Å². The third-order valence-electron chi connectivity index (χ3n) is 9.32. The summed E-state index contributed by atoms with van der Waals surface area (Å²) in [5.74, 6) is -1.76. The summed E-state index contributed by atoms with van der Waals surface area (Å²) in [4.78, 5) is 27.0. The molecule has 0 bridgehead atoms. The number of H-pyrrole nitrogens is 1. The summed E-state index contributed by atoms with van der Waals surface area (Å²) in [5.41, 5.74) is 6.92. The highest BCUT2D eigenvalue weighted by Gasteiger charge is 2.65. The topological polar surface area (TPSA) is 111 Å². The van der Waals surface area contributed by atoms with Crippen molar-refractivity contribution in [3.05, 3.63) is 83.0 Å². The number of carboxylic acid groups (broad SMARTS) is 1. The van der Waals surface area contributed by atoms with Crippen LogP contribution in [-0.4, -0.2) is 77.6 Å². The molecule has 0 unspecified atom stereocenters. The van der Waals surface area contributed by atoms with Crippen LogP contribution in [0.2, 0.25) is 0 Å². The second-order valence-corrected chi connectivity index (χ2v) is 12.4. The van der Waals surface area contributed by atoms with Gasteiger partial charge in [-0.1, -0.05) is 30.3 Å². The number of nitrogens with one attached hydrogen (secondary N) is 2. The predicted octanol–water partition coefficient (Wildman–Crippen LogP) is 6.28. The van der Waals surface area contributed by atoms with Crippen molar-refractivity contribution >= 4 is 46.3 Å². The van der Waals surface area contributed by atoms with Crippen molar-refractivity contribution in [3.63, 3.8) is 0 Å². The molecule has 3 heterocycles. The SMILES string of the molecule is COc1ccc2c(c1)[C@]1(C[C@H]1c1ccc3c(C=Cc4ccc(N5CCN(C(C)C)CC5)cc4)n[nH]c3c1)C(=O)N2.O=C(O)C(F)(F)F. The number of methoxy groups -OCH3 is 1. The number of aromatic amines is 1. The molecule has 12 heteroatoms. The van der Waals surface area contributed by atoms with Gasteiger partial charge in [-0.15, -0.1) is 0 Å². The molecule has 47 heavy (non-hydrogen) atoms. The number of nitrogens with zero attached hydrogens (tertiary/aromatic N) is 3. The summed E-state index contributed by atoms with van der Waals surface area (Å²) >= 11 is 0. The van der Waals surface area contributed by atoms with E-state index < -0.39 is 17.6 Å². The highest BCUT2D eigenvalue weighted by atomic mass is 19.4. The fraction of sp³-hybridized carbons (Fsp3) is 0.343. The molecule has 0 radical (unpaired) electrons. The Morgan fingerprint density at radius 1 is 1.04 bits per heavy atom. The lowest BCUT2D eigenvalue weighted by atomic mass is 9.91. The predicted molar refractivity (Wildman–Crippen MR) is 175 cm³/mol. The van der Waals surface area contributed by atoms with E-state index in [9.17, 15) is 18.0 Å². The summed E-state index contributed by atoms with van der Waals surface area (Å²) in [6.07, 6.45) is -0.0949. The van der Waals surface area contributed by atoms with Crippen molar-refractivity contribution in [2.75, 3.05) is 43.5 Å². The lowest BCUT2D eigenvalue weighted by molar-refractivity contribution is -0.192. The first-order valence-corrected chi connectivity index (χ1v) is 15.5. The number of hydrogen-bond donors (Lipinski definition) is 3. The van der Waals surface area contributed by atoms with Crippen LogP contribution in [0.3, 0.4) is 0 Å². The highest BCUT2D eigenvalue weighted by molar-refractivity contribution is 6.10. The van der Waals surface area contributed by atoms with Gasteiger partial charge in [0, 0.05) is 54.9 Å². The molecule has 246 valence electrons. The summed E-state index contributed by atoms with van der Waals surface area (Å²) in [5, 5.41) is 19.1. The number of benzene rings is 3. The summed E-state index contributed by atoms with van der Waals surface area (Å²) in [7, 11) is 1.66. The van der Waals surface area contributed by atoms with E-state index in [1.165, 1.54) is 5.69 Å². The number of rotatable bonds is 6. The van der Waals surface area contributed by atoms with Crippen molar-refractivity contribution in [2.24, 2.45) is 0 Å². The van der Waals surface area contributed by atoms with E-state index in [-0.39, 0.29) is 11.8 Å². The number of anilines is 2. The number of ether oxygens (including phenoxy) is 1. The van der Waals surface area contributed by atoms with Crippen LogP contribution in [0.5, 0.6) is 5.75 Å². The van der Waals surface area contributed by atoms with E-state index in [1.807, 2.05) is 18.2 Å². The Hall–Kier alpha value is -4.84. The Bertz CT molecular complexity index is 1830. The average molecular weight is 648 g/mol. The largest absolute Gasteiger partial charge is 0.497 e. The zero-order chi connectivity index (χ0) is 33.5. The normalized spacial score (nSPS) is 20.8. The molecule has 1 saturated carbocycles. The second-order valence-electron chi connectivity index (χ2n) is 12.4. The first kappa shape index (κ1) is 32.1. The summed E-state index contributed by atoms with van der Waals surface area (Å²) in [6.45, 7) is 8.92. The van der Waals surface area contributed by atoms with Gasteiger partial charge in [0.1, 0.15) is 5.75 Å². The summed E-state index contributed by atoms with van der Waals surface area (Å²) < 4.78 is 37.2. The molecular weight excluding hydrogens is 611 g/mol. The maximum Gasteiger partial charge on any atom is 0.490 e. The van der Waals surface area contributed by atoms with Crippen LogP contribution in [0.15, 0.2) is 60.7 Å². The lowest BCUT2D eigenvalue weighted by Gasteiger charge is -2.38. The second kappa shape index (κ2) is 12.4. The molecule has 1 saturated heterocycles. The van der Waals surface area contributed by atoms with Crippen LogP contribution in [0.25, 0.3) is 23.1 Å². The van der Waals surface area contributed by atoms with Gasteiger partial charge in [0.15, 0.2) is 0 Å². The molecule has 2 fully saturated rings. The van der Waals surface area contributed by atoms with E-state index in [2.05, 4.69) is 93.8 Å². The van der Waals surface area contributed by atoms with Crippen molar-refractivity contribution in [1.29, 1.82) is 0 Å². The van der Waals surface area contributed by atoms with E-state index in [1.54, 1.807) is 7.11 Å². The number of amides is 1. The van der Waals surface area contributed by atoms with Gasteiger partial charge in [0.05, 0.1) is 23.7 Å². The van der Waals surface area contributed by atoms with Gasteiger partial charge < -0.3 is 20.1 Å². The van der Waals surface area contributed by atoms with Crippen molar-refractivity contribution < 1.29 is 32.6 Å². The van der Waals surface area contributed by atoms with Gasteiger partial charge in [-0.3, -0.25) is 14.8 Å². The number of carboxylic acids is 1. The quantitative estimate of drug-likeness (QED) is 0.226. The molecule has 1 amide bonds. The minimum absolute atomic E-state index is 0.0814. The Kier molecular flexibility index (Phi) is 8.47. The number of halogens is 3.